The summed E-state index contributed by atoms with van der Waals surface area (Å²) in [5.41, 5.74) is 2.65. The molecule has 7 heteroatoms. The van der Waals surface area contributed by atoms with E-state index < -0.39 is 0 Å². The largest absolute Gasteiger partial charge is 0.356 e. The van der Waals surface area contributed by atoms with Crippen molar-refractivity contribution >= 4 is 28.8 Å². The van der Waals surface area contributed by atoms with Gasteiger partial charge in [0, 0.05) is 37.6 Å². The molecule has 6 nitrogen and oxygen atoms in total. The Bertz CT molecular complexity index is 1040. The molecule has 2 fully saturated rings. The number of benzene rings is 1. The van der Waals surface area contributed by atoms with E-state index >= 15 is 0 Å². The zero-order chi connectivity index (χ0) is 19.8. The summed E-state index contributed by atoms with van der Waals surface area (Å²) in [6.45, 7) is 2.41. The molecule has 0 bridgehead atoms. The first kappa shape index (κ1) is 18.4. The van der Waals surface area contributed by atoms with Crippen molar-refractivity contribution in [2.24, 2.45) is 11.8 Å². The van der Waals surface area contributed by atoms with Crippen LogP contribution in [-0.4, -0.2) is 40.1 Å². The van der Waals surface area contributed by atoms with Crippen molar-refractivity contribution in [3.05, 3.63) is 47.7 Å². The molecule has 1 aliphatic carbocycles. The Morgan fingerprint density at radius 2 is 2.10 bits per heavy atom. The molecule has 2 aliphatic rings. The molecule has 0 spiro atoms. The van der Waals surface area contributed by atoms with Crippen LogP contribution in [0.4, 0.5) is 5.82 Å². The van der Waals surface area contributed by atoms with E-state index in [0.29, 0.717) is 17.5 Å². The van der Waals surface area contributed by atoms with Crippen LogP contribution in [0, 0.1) is 11.8 Å². The van der Waals surface area contributed by atoms with E-state index in [1.54, 1.807) is 6.20 Å². The number of nitrogens with zero attached hydrogens (tertiary/aromatic N) is 4. The Balaban J connectivity index is 1.40. The molecular formula is C22H24ClN5O. The van der Waals surface area contributed by atoms with Gasteiger partial charge in [-0.05, 0) is 43.7 Å². The summed E-state index contributed by atoms with van der Waals surface area (Å²) in [5.74, 6) is 1.76. The normalized spacial score (nSPS) is 19.5. The summed E-state index contributed by atoms with van der Waals surface area (Å²) in [6.07, 6.45) is 8.03. The first-order chi connectivity index (χ1) is 14.2. The van der Waals surface area contributed by atoms with Crippen molar-refractivity contribution < 1.29 is 4.79 Å². The second-order valence-electron chi connectivity index (χ2n) is 8.06. The van der Waals surface area contributed by atoms with Gasteiger partial charge in [-0.3, -0.25) is 4.79 Å². The predicted octanol–water partition coefficient (Wildman–Crippen LogP) is 3.79. The topological polar surface area (TPSA) is 62.5 Å². The van der Waals surface area contributed by atoms with Crippen LogP contribution in [0.5, 0.6) is 0 Å². The fraction of sp³-hybridized carbons (Fsp3) is 0.409. The van der Waals surface area contributed by atoms with Gasteiger partial charge in [-0.15, -0.1) is 0 Å². The summed E-state index contributed by atoms with van der Waals surface area (Å²) >= 11 is 6.37. The molecule has 5 rings (SSSR count). The average Bonchev–Trinajstić information content (AvgIpc) is 3.48. The van der Waals surface area contributed by atoms with Crippen LogP contribution in [0.2, 0.25) is 5.02 Å². The number of halogens is 1. The Morgan fingerprint density at radius 1 is 1.24 bits per heavy atom. The molecule has 0 unspecified atom stereocenters. The number of piperidine rings is 1. The second-order valence-corrected chi connectivity index (χ2v) is 8.47. The zero-order valence-corrected chi connectivity index (χ0v) is 17.0. The lowest BCUT2D eigenvalue weighted by molar-refractivity contribution is -0.125. The van der Waals surface area contributed by atoms with E-state index in [0.717, 1.165) is 48.5 Å². The van der Waals surface area contributed by atoms with Crippen LogP contribution in [0.1, 0.15) is 25.7 Å². The Kier molecular flexibility index (Phi) is 4.87. The highest BCUT2D eigenvalue weighted by Crippen LogP contribution is 2.31. The Labute approximate surface area is 174 Å². The standard InChI is InChI=1S/C22H24ClN5O/c23-18-6-2-1-5-17(18)19-12-20-21(24-9-11-28(20)26-19)27-10-3-4-16(14-27)22(29)25-13-15-7-8-15/h1-2,5-6,9,11-12,15-16H,3-4,7-8,10,13-14H2,(H,25,29)/t16-/m0/s1. The quantitative estimate of drug-likeness (QED) is 0.696. The van der Waals surface area contributed by atoms with Gasteiger partial charge in [0.1, 0.15) is 5.52 Å². The fourth-order valence-electron chi connectivity index (χ4n) is 4.05. The molecule has 1 aliphatic heterocycles. The van der Waals surface area contributed by atoms with Crippen molar-refractivity contribution in [1.82, 2.24) is 19.9 Å². The highest BCUT2D eigenvalue weighted by Gasteiger charge is 2.29. The first-order valence-corrected chi connectivity index (χ1v) is 10.7. The predicted molar refractivity (Wildman–Crippen MR) is 114 cm³/mol. The molecule has 1 amide bonds. The average molecular weight is 410 g/mol. The molecular weight excluding hydrogens is 386 g/mol. The maximum Gasteiger partial charge on any atom is 0.224 e. The van der Waals surface area contributed by atoms with Crippen LogP contribution < -0.4 is 10.2 Å². The number of hydrogen-bond acceptors (Lipinski definition) is 4. The summed E-state index contributed by atoms with van der Waals surface area (Å²) in [5, 5.41) is 8.51. The lowest BCUT2D eigenvalue weighted by atomic mass is 9.97. The zero-order valence-electron chi connectivity index (χ0n) is 16.2. The van der Waals surface area contributed by atoms with E-state index in [-0.39, 0.29) is 11.8 Å². The van der Waals surface area contributed by atoms with Crippen LogP contribution in [0.3, 0.4) is 0 Å². The number of rotatable bonds is 5. The third kappa shape index (κ3) is 3.81. The maximum absolute atomic E-state index is 12.6. The Hall–Kier alpha value is -2.60. The van der Waals surface area contributed by atoms with Crippen LogP contribution in [-0.2, 0) is 4.79 Å². The minimum Gasteiger partial charge on any atom is -0.356 e. The van der Waals surface area contributed by atoms with Crippen molar-refractivity contribution in [3.8, 4) is 11.3 Å². The number of nitrogens with one attached hydrogen (secondary N) is 1. The number of carbonyl (C=O) groups excluding carboxylic acids is 1. The number of anilines is 1. The van der Waals surface area contributed by atoms with Gasteiger partial charge >= 0.3 is 0 Å². The minimum absolute atomic E-state index is 0.00974. The van der Waals surface area contributed by atoms with Crippen LogP contribution in [0.15, 0.2) is 42.7 Å². The number of aromatic nitrogens is 3. The molecule has 3 aromatic rings. The fourth-order valence-corrected chi connectivity index (χ4v) is 4.28. The maximum atomic E-state index is 12.6. The van der Waals surface area contributed by atoms with Gasteiger partial charge < -0.3 is 10.2 Å². The summed E-state index contributed by atoms with van der Waals surface area (Å²) < 4.78 is 1.85. The molecule has 29 heavy (non-hydrogen) atoms. The lowest BCUT2D eigenvalue weighted by Crippen LogP contribution is -2.44. The SMILES string of the molecule is O=C(NCC1CC1)[C@H]1CCCN(c2nccn3nc(-c4ccccc4Cl)cc23)C1. The van der Waals surface area contributed by atoms with Gasteiger partial charge in [0.25, 0.3) is 0 Å². The minimum atomic E-state index is 0.00974. The van der Waals surface area contributed by atoms with E-state index in [4.69, 9.17) is 16.7 Å². The van der Waals surface area contributed by atoms with E-state index in [1.165, 1.54) is 12.8 Å². The van der Waals surface area contributed by atoms with Gasteiger partial charge in [0.15, 0.2) is 5.82 Å². The van der Waals surface area contributed by atoms with Gasteiger partial charge in [-0.2, -0.15) is 5.10 Å². The van der Waals surface area contributed by atoms with Crippen molar-refractivity contribution in [3.63, 3.8) is 0 Å². The summed E-state index contributed by atoms with van der Waals surface area (Å²) in [4.78, 5) is 19.5. The third-order valence-electron chi connectivity index (χ3n) is 5.87. The highest BCUT2D eigenvalue weighted by molar-refractivity contribution is 6.33. The number of amides is 1. The summed E-state index contributed by atoms with van der Waals surface area (Å²) in [7, 11) is 0. The summed E-state index contributed by atoms with van der Waals surface area (Å²) in [6, 6.07) is 9.74. The smallest absolute Gasteiger partial charge is 0.224 e. The molecule has 2 aromatic heterocycles. The van der Waals surface area contributed by atoms with Gasteiger partial charge in [-0.1, -0.05) is 29.8 Å². The lowest BCUT2D eigenvalue weighted by Gasteiger charge is -2.33. The number of fused-ring (bicyclic) bond motifs is 1. The molecule has 150 valence electrons. The molecule has 1 saturated heterocycles. The molecule has 1 saturated carbocycles. The monoisotopic (exact) mass is 409 g/mol. The molecule has 1 atom stereocenters. The van der Waals surface area contributed by atoms with E-state index in [9.17, 15) is 4.79 Å². The van der Waals surface area contributed by atoms with Crippen molar-refractivity contribution in [2.45, 2.75) is 25.7 Å². The van der Waals surface area contributed by atoms with E-state index in [1.807, 2.05) is 41.0 Å². The molecule has 1 N–H and O–H groups in total. The van der Waals surface area contributed by atoms with Crippen LogP contribution >= 0.6 is 11.6 Å². The second kappa shape index (κ2) is 7.67. The third-order valence-corrected chi connectivity index (χ3v) is 6.20. The molecule has 0 radical (unpaired) electrons. The van der Waals surface area contributed by atoms with E-state index in [2.05, 4.69) is 15.2 Å². The van der Waals surface area contributed by atoms with Gasteiger partial charge in [-0.25, -0.2) is 9.50 Å². The number of hydrogen-bond donors (Lipinski definition) is 1. The molecule has 3 heterocycles. The van der Waals surface area contributed by atoms with Crippen molar-refractivity contribution in [2.75, 3.05) is 24.5 Å². The van der Waals surface area contributed by atoms with Gasteiger partial charge in [0.05, 0.1) is 16.6 Å². The Morgan fingerprint density at radius 3 is 2.93 bits per heavy atom. The van der Waals surface area contributed by atoms with Gasteiger partial charge in [0.2, 0.25) is 5.91 Å². The highest BCUT2D eigenvalue weighted by atomic mass is 35.5. The van der Waals surface area contributed by atoms with Crippen LogP contribution in [0.25, 0.3) is 16.8 Å². The number of carbonyl (C=O) groups is 1. The first-order valence-electron chi connectivity index (χ1n) is 10.3. The van der Waals surface area contributed by atoms with Crippen molar-refractivity contribution in [1.29, 1.82) is 0 Å². The molecule has 1 aromatic carbocycles.